The fraction of sp³-hybridized carbons (Fsp3) is 0.571. The Morgan fingerprint density at radius 2 is 1.80 bits per heavy atom. The summed E-state index contributed by atoms with van der Waals surface area (Å²) >= 11 is 0. The molecule has 3 rings (SSSR count). The van der Waals surface area contributed by atoms with Gasteiger partial charge in [-0.05, 0) is 49.1 Å². The van der Waals surface area contributed by atoms with Gasteiger partial charge in [-0.25, -0.2) is 0 Å². The number of hydrogen-bond acceptors (Lipinski definition) is 1. The average molecular weight is 202 g/mol. The molecular formula is C14H18O. The van der Waals surface area contributed by atoms with Crippen LogP contribution in [0.15, 0.2) is 24.3 Å². The smallest absolute Gasteiger partial charge is 0.0899 e. The predicted octanol–water partition coefficient (Wildman–Crippen LogP) is 3.33. The zero-order chi connectivity index (χ0) is 10.3. The zero-order valence-corrected chi connectivity index (χ0v) is 9.08. The molecule has 0 saturated heterocycles. The Morgan fingerprint density at radius 1 is 1.07 bits per heavy atom. The Labute approximate surface area is 91.1 Å². The fourth-order valence-corrected chi connectivity index (χ4v) is 2.78. The molecule has 0 atom stereocenters. The Kier molecular flexibility index (Phi) is 2.10. The van der Waals surface area contributed by atoms with Crippen molar-refractivity contribution in [3.8, 4) is 0 Å². The summed E-state index contributed by atoms with van der Waals surface area (Å²) in [7, 11) is 0. The second-order valence-electron chi connectivity index (χ2n) is 5.10. The van der Waals surface area contributed by atoms with Gasteiger partial charge in [-0.2, -0.15) is 0 Å². The molecule has 80 valence electrons. The molecule has 0 aliphatic heterocycles. The maximum atomic E-state index is 10.4. The SMILES string of the molecule is OC1(c2ccccc2C2CCC2)CCC1. The lowest BCUT2D eigenvalue weighted by Gasteiger charge is -2.40. The number of benzene rings is 1. The topological polar surface area (TPSA) is 20.2 Å². The van der Waals surface area contributed by atoms with Crippen molar-refractivity contribution < 1.29 is 5.11 Å². The Balaban J connectivity index is 1.98. The first-order valence-electron chi connectivity index (χ1n) is 6.11. The van der Waals surface area contributed by atoms with E-state index in [4.69, 9.17) is 0 Å². The second kappa shape index (κ2) is 3.34. The van der Waals surface area contributed by atoms with Crippen LogP contribution in [0.2, 0.25) is 0 Å². The highest BCUT2D eigenvalue weighted by Crippen LogP contribution is 2.47. The molecule has 15 heavy (non-hydrogen) atoms. The lowest BCUT2D eigenvalue weighted by molar-refractivity contribution is -0.0400. The van der Waals surface area contributed by atoms with Gasteiger partial charge in [-0.1, -0.05) is 30.7 Å². The summed E-state index contributed by atoms with van der Waals surface area (Å²) in [6.07, 6.45) is 7.07. The van der Waals surface area contributed by atoms with E-state index in [1.807, 2.05) is 0 Å². The molecule has 0 bridgehead atoms. The molecule has 2 fully saturated rings. The predicted molar refractivity (Wildman–Crippen MR) is 60.8 cm³/mol. The van der Waals surface area contributed by atoms with Crippen LogP contribution in [0.4, 0.5) is 0 Å². The first kappa shape index (κ1) is 9.41. The van der Waals surface area contributed by atoms with Gasteiger partial charge in [0.25, 0.3) is 0 Å². The summed E-state index contributed by atoms with van der Waals surface area (Å²) in [6, 6.07) is 8.52. The molecule has 2 aliphatic rings. The monoisotopic (exact) mass is 202 g/mol. The molecule has 2 aliphatic carbocycles. The quantitative estimate of drug-likeness (QED) is 0.780. The summed E-state index contributed by atoms with van der Waals surface area (Å²) in [5, 5.41) is 10.4. The highest BCUT2D eigenvalue weighted by molar-refractivity contribution is 5.37. The van der Waals surface area contributed by atoms with Gasteiger partial charge in [-0.15, -0.1) is 0 Å². The number of aliphatic hydroxyl groups is 1. The molecule has 1 N–H and O–H groups in total. The molecule has 1 aromatic carbocycles. The van der Waals surface area contributed by atoms with E-state index >= 15 is 0 Å². The first-order valence-corrected chi connectivity index (χ1v) is 6.11. The third-order valence-corrected chi connectivity index (χ3v) is 4.19. The lowest BCUT2D eigenvalue weighted by Crippen LogP contribution is -2.35. The number of hydrogen-bond donors (Lipinski definition) is 1. The Bertz CT molecular complexity index is 361. The van der Waals surface area contributed by atoms with Crippen LogP contribution in [0.3, 0.4) is 0 Å². The molecule has 0 amide bonds. The van der Waals surface area contributed by atoms with Gasteiger partial charge in [0.15, 0.2) is 0 Å². The van der Waals surface area contributed by atoms with Crippen molar-refractivity contribution in [2.24, 2.45) is 0 Å². The summed E-state index contributed by atoms with van der Waals surface area (Å²) in [5.74, 6) is 0.728. The minimum atomic E-state index is -0.480. The largest absolute Gasteiger partial charge is 0.385 e. The van der Waals surface area contributed by atoms with Crippen LogP contribution in [-0.2, 0) is 5.60 Å². The molecule has 0 unspecified atom stereocenters. The molecule has 0 aromatic heterocycles. The molecule has 2 saturated carbocycles. The van der Waals surface area contributed by atoms with Crippen LogP contribution in [0.25, 0.3) is 0 Å². The van der Waals surface area contributed by atoms with Crippen molar-refractivity contribution in [3.63, 3.8) is 0 Å². The van der Waals surface area contributed by atoms with E-state index in [2.05, 4.69) is 24.3 Å². The van der Waals surface area contributed by atoms with Gasteiger partial charge in [0.2, 0.25) is 0 Å². The van der Waals surface area contributed by atoms with E-state index in [1.165, 1.54) is 36.8 Å². The van der Waals surface area contributed by atoms with Gasteiger partial charge in [0.05, 0.1) is 5.60 Å². The molecule has 0 spiro atoms. The van der Waals surface area contributed by atoms with E-state index in [0.29, 0.717) is 0 Å². The average Bonchev–Trinajstić information content (AvgIpc) is 2.13. The van der Waals surface area contributed by atoms with Crippen molar-refractivity contribution in [1.82, 2.24) is 0 Å². The lowest BCUT2D eigenvalue weighted by atomic mass is 9.69. The standard InChI is InChI=1S/C14H18O/c15-14(9-4-10-14)13-8-2-1-7-12(13)11-5-3-6-11/h1-2,7-8,11,15H,3-6,9-10H2. The van der Waals surface area contributed by atoms with E-state index in [1.54, 1.807) is 0 Å². The van der Waals surface area contributed by atoms with Crippen LogP contribution >= 0.6 is 0 Å². The van der Waals surface area contributed by atoms with Crippen LogP contribution < -0.4 is 0 Å². The van der Waals surface area contributed by atoms with Crippen molar-refractivity contribution in [3.05, 3.63) is 35.4 Å². The van der Waals surface area contributed by atoms with Gasteiger partial charge in [0, 0.05) is 0 Å². The molecule has 1 aromatic rings. The maximum absolute atomic E-state index is 10.4. The number of rotatable bonds is 2. The fourth-order valence-electron chi connectivity index (χ4n) is 2.78. The van der Waals surface area contributed by atoms with E-state index in [0.717, 1.165) is 18.8 Å². The van der Waals surface area contributed by atoms with Crippen LogP contribution in [0.1, 0.15) is 55.6 Å². The van der Waals surface area contributed by atoms with Crippen LogP contribution in [0, 0.1) is 0 Å². The van der Waals surface area contributed by atoms with Gasteiger partial charge in [-0.3, -0.25) is 0 Å². The third-order valence-electron chi connectivity index (χ3n) is 4.19. The minimum absolute atomic E-state index is 0.480. The highest BCUT2D eigenvalue weighted by atomic mass is 16.3. The molecule has 0 radical (unpaired) electrons. The van der Waals surface area contributed by atoms with Gasteiger partial charge in [0.1, 0.15) is 0 Å². The molecular weight excluding hydrogens is 184 g/mol. The normalized spacial score (nSPS) is 24.3. The molecule has 0 heterocycles. The Hall–Kier alpha value is -0.820. The maximum Gasteiger partial charge on any atom is 0.0899 e. The summed E-state index contributed by atoms with van der Waals surface area (Å²) in [6.45, 7) is 0. The van der Waals surface area contributed by atoms with Gasteiger partial charge < -0.3 is 5.11 Å². The summed E-state index contributed by atoms with van der Waals surface area (Å²) in [5.41, 5.74) is 2.17. The van der Waals surface area contributed by atoms with E-state index in [-0.39, 0.29) is 0 Å². The van der Waals surface area contributed by atoms with E-state index in [9.17, 15) is 5.11 Å². The zero-order valence-electron chi connectivity index (χ0n) is 9.08. The van der Waals surface area contributed by atoms with Gasteiger partial charge >= 0.3 is 0 Å². The summed E-state index contributed by atoms with van der Waals surface area (Å²) in [4.78, 5) is 0. The van der Waals surface area contributed by atoms with Crippen molar-refractivity contribution >= 4 is 0 Å². The first-order chi connectivity index (χ1) is 7.30. The Morgan fingerprint density at radius 3 is 2.33 bits per heavy atom. The van der Waals surface area contributed by atoms with Crippen molar-refractivity contribution in [2.45, 2.75) is 50.0 Å². The molecule has 1 heteroatoms. The summed E-state index contributed by atoms with van der Waals surface area (Å²) < 4.78 is 0. The van der Waals surface area contributed by atoms with Crippen LogP contribution in [-0.4, -0.2) is 5.11 Å². The second-order valence-corrected chi connectivity index (χ2v) is 5.10. The highest BCUT2D eigenvalue weighted by Gasteiger charge is 2.39. The van der Waals surface area contributed by atoms with Crippen molar-refractivity contribution in [2.75, 3.05) is 0 Å². The molecule has 1 nitrogen and oxygen atoms in total. The minimum Gasteiger partial charge on any atom is -0.385 e. The van der Waals surface area contributed by atoms with E-state index < -0.39 is 5.60 Å². The van der Waals surface area contributed by atoms with Crippen LogP contribution in [0.5, 0.6) is 0 Å². The third kappa shape index (κ3) is 1.41. The van der Waals surface area contributed by atoms with Crippen molar-refractivity contribution in [1.29, 1.82) is 0 Å².